The van der Waals surface area contributed by atoms with Crippen molar-refractivity contribution in [3.63, 3.8) is 0 Å². The highest BCUT2D eigenvalue weighted by molar-refractivity contribution is 5.98. The van der Waals surface area contributed by atoms with E-state index < -0.39 is 5.97 Å². The van der Waals surface area contributed by atoms with Crippen molar-refractivity contribution in [2.75, 3.05) is 5.23 Å². The van der Waals surface area contributed by atoms with Gasteiger partial charge in [-0.25, -0.2) is 4.79 Å². The lowest BCUT2D eigenvalue weighted by Crippen LogP contribution is -2.49. The molecule has 1 atom stereocenters. The summed E-state index contributed by atoms with van der Waals surface area (Å²) in [4.78, 5) is 24.8. The van der Waals surface area contributed by atoms with Crippen molar-refractivity contribution in [3.05, 3.63) is 46.8 Å². The summed E-state index contributed by atoms with van der Waals surface area (Å²) in [6.45, 7) is 0.0352. The summed E-state index contributed by atoms with van der Waals surface area (Å²) in [5.41, 5.74) is 1.09. The van der Waals surface area contributed by atoms with Crippen molar-refractivity contribution in [2.45, 2.75) is 25.5 Å². The summed E-state index contributed by atoms with van der Waals surface area (Å²) in [6.07, 6.45) is 2.91. The maximum Gasteiger partial charge on any atom is 0.355 e. The van der Waals surface area contributed by atoms with E-state index in [9.17, 15) is 14.8 Å². The molecule has 3 rings (SSSR count). The zero-order chi connectivity index (χ0) is 15.0. The van der Waals surface area contributed by atoms with Gasteiger partial charge in [0.05, 0.1) is 5.69 Å². The van der Waals surface area contributed by atoms with E-state index in [1.54, 1.807) is 18.2 Å². The van der Waals surface area contributed by atoms with E-state index in [1.807, 2.05) is 0 Å². The summed E-state index contributed by atoms with van der Waals surface area (Å²) < 4.78 is 5.16. The average molecular weight is 289 g/mol. The molecule has 2 heterocycles. The number of benzene rings is 1. The summed E-state index contributed by atoms with van der Waals surface area (Å²) in [6, 6.07) is 6.10. The third kappa shape index (κ3) is 2.48. The Labute approximate surface area is 120 Å². The van der Waals surface area contributed by atoms with Gasteiger partial charge in [0, 0.05) is 12.5 Å². The van der Waals surface area contributed by atoms with E-state index in [0.717, 1.165) is 0 Å². The van der Waals surface area contributed by atoms with Crippen molar-refractivity contribution in [1.82, 2.24) is 4.90 Å². The topological polar surface area (TPSA) is 93.1 Å². The molecule has 1 fully saturated rings. The lowest BCUT2D eigenvalue weighted by molar-refractivity contribution is -0.150. The molecule has 21 heavy (non-hydrogen) atoms. The average Bonchev–Trinajstić information content (AvgIpc) is 2.82. The van der Waals surface area contributed by atoms with Gasteiger partial charge in [0.1, 0.15) is 12.3 Å². The summed E-state index contributed by atoms with van der Waals surface area (Å²) in [5.74, 6) is -0.578. The van der Waals surface area contributed by atoms with Crippen LogP contribution in [0.15, 0.2) is 36.0 Å². The zero-order valence-electron chi connectivity index (χ0n) is 11.1. The number of ether oxygens (including phenoxy) is 1. The molecule has 0 aliphatic carbocycles. The monoisotopic (exact) mass is 289 g/mol. The van der Waals surface area contributed by atoms with Crippen LogP contribution in [0.25, 0.3) is 0 Å². The molecule has 2 aliphatic heterocycles. The van der Waals surface area contributed by atoms with Gasteiger partial charge in [-0.1, -0.05) is 18.2 Å². The number of β-lactam (4-membered cyclic amide) rings is 1. The summed E-state index contributed by atoms with van der Waals surface area (Å²) >= 11 is 0. The van der Waals surface area contributed by atoms with Crippen LogP contribution >= 0.6 is 0 Å². The molecule has 1 saturated heterocycles. The van der Waals surface area contributed by atoms with Crippen LogP contribution in [0.3, 0.4) is 0 Å². The van der Waals surface area contributed by atoms with Crippen LogP contribution in [0.1, 0.15) is 18.4 Å². The van der Waals surface area contributed by atoms with Crippen molar-refractivity contribution in [3.8, 4) is 0 Å². The van der Waals surface area contributed by atoms with E-state index in [-0.39, 0.29) is 29.5 Å². The molecule has 0 spiro atoms. The molecule has 1 N–H and O–H groups in total. The predicted molar refractivity (Wildman–Crippen MR) is 71.8 cm³/mol. The smallest absolute Gasteiger partial charge is 0.355 e. The standard InChI is InChI=1S/C14H13N2O5/c17-13-7-11-5-6-12(15(11)13)14(18)21-8-9-1-3-10(4-2-9)16(19)20/h1-4,6,11,19H,5,7-8H2/q-1/t11-/m1/s1. The number of carbonyl (C=O) groups is 2. The second-order valence-corrected chi connectivity index (χ2v) is 4.96. The Morgan fingerprint density at radius 1 is 1.43 bits per heavy atom. The van der Waals surface area contributed by atoms with E-state index in [2.05, 4.69) is 0 Å². The molecule has 110 valence electrons. The van der Waals surface area contributed by atoms with Crippen LogP contribution in [-0.4, -0.2) is 28.0 Å². The van der Waals surface area contributed by atoms with E-state index in [1.165, 1.54) is 17.0 Å². The lowest BCUT2D eigenvalue weighted by Gasteiger charge is -2.35. The van der Waals surface area contributed by atoms with Crippen LogP contribution in [0.2, 0.25) is 0 Å². The highest BCUT2D eigenvalue weighted by Gasteiger charge is 2.44. The van der Waals surface area contributed by atoms with Gasteiger partial charge in [0.15, 0.2) is 0 Å². The molecule has 1 aromatic rings. The number of rotatable bonds is 4. The fourth-order valence-electron chi connectivity index (χ4n) is 2.47. The third-order valence-electron chi connectivity index (χ3n) is 3.62. The quantitative estimate of drug-likeness (QED) is 0.510. The molecular weight excluding hydrogens is 276 g/mol. The molecule has 1 amide bonds. The highest BCUT2D eigenvalue weighted by Crippen LogP contribution is 2.34. The summed E-state index contributed by atoms with van der Waals surface area (Å²) in [7, 11) is 0. The first-order valence-electron chi connectivity index (χ1n) is 6.50. The van der Waals surface area contributed by atoms with E-state index in [0.29, 0.717) is 24.1 Å². The second-order valence-electron chi connectivity index (χ2n) is 4.96. The number of esters is 1. The van der Waals surface area contributed by atoms with Crippen molar-refractivity contribution >= 4 is 17.6 Å². The first-order chi connectivity index (χ1) is 10.1. The number of carbonyl (C=O) groups excluding carboxylic acids is 2. The Morgan fingerprint density at radius 3 is 2.76 bits per heavy atom. The molecule has 0 radical (unpaired) electrons. The minimum Gasteiger partial charge on any atom is -0.733 e. The minimum atomic E-state index is -0.526. The maximum atomic E-state index is 11.9. The number of hydrogen-bond acceptors (Lipinski definition) is 6. The Kier molecular flexibility index (Phi) is 3.36. The number of hydrogen-bond donors (Lipinski definition) is 1. The fourth-order valence-corrected chi connectivity index (χ4v) is 2.47. The second kappa shape index (κ2) is 5.19. The largest absolute Gasteiger partial charge is 0.733 e. The molecule has 7 heteroatoms. The van der Waals surface area contributed by atoms with Gasteiger partial charge in [0.25, 0.3) is 0 Å². The molecule has 0 saturated carbocycles. The van der Waals surface area contributed by atoms with Crippen LogP contribution in [0, 0.1) is 5.21 Å². The zero-order valence-corrected chi connectivity index (χ0v) is 11.1. The molecule has 0 aromatic heterocycles. The summed E-state index contributed by atoms with van der Waals surface area (Å²) in [5, 5.41) is 19.1. The molecule has 0 unspecified atom stereocenters. The highest BCUT2D eigenvalue weighted by atomic mass is 16.8. The van der Waals surface area contributed by atoms with Gasteiger partial charge in [-0.3, -0.25) is 10.0 Å². The molecule has 0 bridgehead atoms. The fraction of sp³-hybridized carbons (Fsp3) is 0.286. The van der Waals surface area contributed by atoms with Gasteiger partial charge >= 0.3 is 5.97 Å². The maximum absolute atomic E-state index is 11.9. The van der Waals surface area contributed by atoms with Crippen molar-refractivity contribution in [2.24, 2.45) is 0 Å². The van der Waals surface area contributed by atoms with Crippen molar-refractivity contribution < 1.29 is 19.5 Å². The van der Waals surface area contributed by atoms with Gasteiger partial charge in [-0.15, -0.1) is 0 Å². The Balaban J connectivity index is 1.58. The number of fused-ring (bicyclic) bond motifs is 1. The van der Waals surface area contributed by atoms with Crippen LogP contribution in [0.4, 0.5) is 5.69 Å². The van der Waals surface area contributed by atoms with Gasteiger partial charge in [0.2, 0.25) is 5.91 Å². The molecule has 2 aliphatic rings. The van der Waals surface area contributed by atoms with Gasteiger partial charge < -0.3 is 20.1 Å². The Morgan fingerprint density at radius 2 is 2.14 bits per heavy atom. The Hall–Kier alpha value is -2.38. The number of nitrogens with zero attached hydrogens (tertiary/aromatic N) is 2. The van der Waals surface area contributed by atoms with E-state index >= 15 is 0 Å². The van der Waals surface area contributed by atoms with Gasteiger partial charge in [-0.2, -0.15) is 0 Å². The van der Waals surface area contributed by atoms with Crippen molar-refractivity contribution in [1.29, 1.82) is 0 Å². The predicted octanol–water partition coefficient (Wildman–Crippen LogP) is 1.31. The SMILES string of the molecule is O=C(OCc1ccc(N([O-])O)cc1)C1=CC[C@@H]2CC(=O)N12. The van der Waals surface area contributed by atoms with Crippen LogP contribution < -0.4 is 5.23 Å². The normalized spacial score (nSPS) is 19.7. The van der Waals surface area contributed by atoms with Crippen LogP contribution in [-0.2, 0) is 20.9 Å². The molecule has 1 aromatic carbocycles. The van der Waals surface area contributed by atoms with Gasteiger partial charge in [-0.05, 0) is 24.1 Å². The van der Waals surface area contributed by atoms with Crippen LogP contribution in [0.5, 0.6) is 0 Å². The number of amides is 1. The molecular formula is C14H13N2O5-. The third-order valence-corrected chi connectivity index (χ3v) is 3.62. The first kappa shape index (κ1) is 13.6. The number of anilines is 1. The minimum absolute atomic E-state index is 0.0352. The first-order valence-corrected chi connectivity index (χ1v) is 6.50. The lowest BCUT2D eigenvalue weighted by atomic mass is 10.0. The van der Waals surface area contributed by atoms with E-state index in [4.69, 9.17) is 9.94 Å². The Bertz CT molecular complexity index is 608. The molecule has 7 nitrogen and oxygen atoms in total.